The Bertz CT molecular complexity index is 844. The molecule has 2 aromatic rings. The Hall–Kier alpha value is -2.84. The minimum atomic E-state index is -0.618. The van der Waals surface area contributed by atoms with Gasteiger partial charge in [0.15, 0.2) is 0 Å². The number of alkyl carbamates (subject to hydrolysis) is 1. The highest BCUT2D eigenvalue weighted by molar-refractivity contribution is 5.87. The molecule has 9 nitrogen and oxygen atoms in total. The average Bonchev–Trinajstić information content (AvgIpc) is 3.09. The molecule has 0 saturated carbocycles. The predicted octanol–water partition coefficient (Wildman–Crippen LogP) is 2.59. The van der Waals surface area contributed by atoms with Crippen LogP contribution < -0.4 is 10.2 Å². The number of esters is 1. The van der Waals surface area contributed by atoms with Crippen molar-refractivity contribution in [2.75, 3.05) is 18.1 Å². The lowest BCUT2D eigenvalue weighted by atomic mass is 9.94. The molecule has 1 saturated heterocycles. The molecule has 1 aliphatic heterocycles. The van der Waals surface area contributed by atoms with Crippen molar-refractivity contribution in [2.45, 2.75) is 52.3 Å². The lowest BCUT2D eigenvalue weighted by molar-refractivity contribution is -0.149. The van der Waals surface area contributed by atoms with Gasteiger partial charge < -0.3 is 24.7 Å². The molecule has 152 valence electrons. The van der Waals surface area contributed by atoms with Gasteiger partial charge in [0.1, 0.15) is 29.6 Å². The molecule has 3 rings (SSSR count). The van der Waals surface area contributed by atoms with E-state index in [9.17, 15) is 9.59 Å². The number of nitrogens with one attached hydrogen (secondary N) is 2. The molecule has 2 N–H and O–H groups in total. The molecule has 1 aliphatic rings. The van der Waals surface area contributed by atoms with Gasteiger partial charge >= 0.3 is 12.1 Å². The van der Waals surface area contributed by atoms with Crippen LogP contribution in [0.5, 0.6) is 0 Å². The lowest BCUT2D eigenvalue weighted by Gasteiger charge is -2.40. The fraction of sp³-hybridized carbons (Fsp3) is 0.579. The molecule has 1 fully saturated rings. The van der Waals surface area contributed by atoms with Gasteiger partial charge in [-0.25, -0.2) is 14.8 Å². The van der Waals surface area contributed by atoms with Gasteiger partial charge in [-0.3, -0.25) is 4.79 Å². The number of aromatic amines is 1. The van der Waals surface area contributed by atoms with E-state index < -0.39 is 17.9 Å². The number of nitrogens with zero attached hydrogens (tertiary/aromatic N) is 3. The van der Waals surface area contributed by atoms with Gasteiger partial charge in [0.25, 0.3) is 0 Å². The predicted molar refractivity (Wildman–Crippen MR) is 104 cm³/mol. The number of amides is 1. The molecule has 2 atom stereocenters. The van der Waals surface area contributed by atoms with Gasteiger partial charge in [-0.2, -0.15) is 0 Å². The number of rotatable bonds is 4. The molecule has 1 amide bonds. The Morgan fingerprint density at radius 3 is 2.86 bits per heavy atom. The number of fused-ring (bicyclic) bond motifs is 1. The minimum absolute atomic E-state index is 0.243. The zero-order chi connectivity index (χ0) is 20.3. The third-order valence-electron chi connectivity index (χ3n) is 4.51. The van der Waals surface area contributed by atoms with Gasteiger partial charge in [0, 0.05) is 12.7 Å². The van der Waals surface area contributed by atoms with Crippen LogP contribution in [0.15, 0.2) is 18.6 Å². The van der Waals surface area contributed by atoms with Crippen molar-refractivity contribution in [3.63, 3.8) is 0 Å². The fourth-order valence-corrected chi connectivity index (χ4v) is 3.36. The van der Waals surface area contributed by atoms with E-state index in [1.807, 2.05) is 11.0 Å². The van der Waals surface area contributed by atoms with Crippen molar-refractivity contribution < 1.29 is 19.1 Å². The van der Waals surface area contributed by atoms with Crippen LogP contribution in [0, 0.1) is 5.92 Å². The van der Waals surface area contributed by atoms with E-state index in [0.717, 1.165) is 5.39 Å². The maximum atomic E-state index is 12.4. The highest BCUT2D eigenvalue weighted by Crippen LogP contribution is 2.30. The van der Waals surface area contributed by atoms with Crippen molar-refractivity contribution in [3.8, 4) is 0 Å². The Balaban J connectivity index is 1.86. The van der Waals surface area contributed by atoms with E-state index in [1.54, 1.807) is 33.9 Å². The highest BCUT2D eigenvalue weighted by Gasteiger charge is 2.36. The Morgan fingerprint density at radius 2 is 2.14 bits per heavy atom. The number of ether oxygens (including phenoxy) is 2. The number of piperidine rings is 1. The molecule has 0 aromatic carbocycles. The van der Waals surface area contributed by atoms with E-state index in [-0.39, 0.29) is 11.9 Å². The van der Waals surface area contributed by atoms with Crippen molar-refractivity contribution >= 4 is 28.9 Å². The molecule has 0 aliphatic carbocycles. The van der Waals surface area contributed by atoms with Crippen LogP contribution in [0.3, 0.4) is 0 Å². The lowest BCUT2D eigenvalue weighted by Crippen LogP contribution is -2.55. The summed E-state index contributed by atoms with van der Waals surface area (Å²) in [5, 5.41) is 3.75. The van der Waals surface area contributed by atoms with E-state index in [2.05, 4.69) is 20.3 Å². The first kappa shape index (κ1) is 19.9. The number of hydrogen-bond donors (Lipinski definition) is 2. The molecule has 2 aromatic heterocycles. The quantitative estimate of drug-likeness (QED) is 0.774. The first-order valence-corrected chi connectivity index (χ1v) is 9.49. The van der Waals surface area contributed by atoms with Crippen molar-refractivity contribution in [1.82, 2.24) is 20.3 Å². The zero-order valence-electron chi connectivity index (χ0n) is 16.7. The second kappa shape index (κ2) is 8.04. The number of carbonyl (C=O) groups is 2. The summed E-state index contributed by atoms with van der Waals surface area (Å²) in [6.45, 7) is 8.08. The van der Waals surface area contributed by atoms with Crippen LogP contribution in [-0.4, -0.2) is 51.9 Å². The topological polar surface area (TPSA) is 109 Å². The molecule has 2 unspecified atom stereocenters. The van der Waals surface area contributed by atoms with Crippen LogP contribution in [0.25, 0.3) is 11.0 Å². The van der Waals surface area contributed by atoms with Crippen molar-refractivity contribution in [1.29, 1.82) is 0 Å². The largest absolute Gasteiger partial charge is 0.466 e. The van der Waals surface area contributed by atoms with E-state index >= 15 is 0 Å². The summed E-state index contributed by atoms with van der Waals surface area (Å²) >= 11 is 0. The van der Waals surface area contributed by atoms with Gasteiger partial charge in [-0.1, -0.05) is 0 Å². The second-order valence-electron chi connectivity index (χ2n) is 7.77. The standard InChI is InChI=1S/C19H27N5O4/c1-5-27-17(25)12-7-9-24(14(10-12)23-18(26)28-19(2,3)4)16-13-6-8-20-15(13)21-11-22-16/h6,8,11-12,14H,5,7,9-10H2,1-4H3,(H,23,26)(H,20,21,22). The van der Waals surface area contributed by atoms with Crippen LogP contribution in [0.2, 0.25) is 0 Å². The third-order valence-corrected chi connectivity index (χ3v) is 4.51. The summed E-state index contributed by atoms with van der Waals surface area (Å²) in [4.78, 5) is 38.4. The monoisotopic (exact) mass is 389 g/mol. The Morgan fingerprint density at radius 1 is 1.36 bits per heavy atom. The second-order valence-corrected chi connectivity index (χ2v) is 7.77. The SMILES string of the molecule is CCOC(=O)C1CCN(c2ncnc3[nH]ccc23)C(NC(=O)OC(C)(C)C)C1. The number of carbonyl (C=O) groups excluding carboxylic acids is 2. The molecular formula is C19H27N5O4. The highest BCUT2D eigenvalue weighted by atomic mass is 16.6. The van der Waals surface area contributed by atoms with Gasteiger partial charge in [0.2, 0.25) is 0 Å². The van der Waals surface area contributed by atoms with Crippen LogP contribution in [-0.2, 0) is 14.3 Å². The number of aromatic nitrogens is 3. The number of hydrogen-bond acceptors (Lipinski definition) is 7. The van der Waals surface area contributed by atoms with Crippen LogP contribution >= 0.6 is 0 Å². The molecule has 9 heteroatoms. The van der Waals surface area contributed by atoms with Gasteiger partial charge in [-0.05, 0) is 46.6 Å². The Kier molecular flexibility index (Phi) is 5.71. The van der Waals surface area contributed by atoms with E-state index in [4.69, 9.17) is 9.47 Å². The number of anilines is 1. The smallest absolute Gasteiger partial charge is 0.409 e. The molecule has 0 bridgehead atoms. The summed E-state index contributed by atoms with van der Waals surface area (Å²) in [5.74, 6) is 0.168. The number of H-pyrrole nitrogens is 1. The third kappa shape index (κ3) is 4.52. The molecule has 3 heterocycles. The van der Waals surface area contributed by atoms with Crippen molar-refractivity contribution in [2.24, 2.45) is 5.92 Å². The summed E-state index contributed by atoms with van der Waals surface area (Å²) < 4.78 is 10.6. The fourth-order valence-electron chi connectivity index (χ4n) is 3.36. The maximum absolute atomic E-state index is 12.4. The zero-order valence-corrected chi connectivity index (χ0v) is 16.7. The average molecular weight is 389 g/mol. The summed E-state index contributed by atoms with van der Waals surface area (Å²) in [7, 11) is 0. The molecular weight excluding hydrogens is 362 g/mol. The Labute approximate surface area is 163 Å². The molecule has 0 radical (unpaired) electrons. The molecule has 0 spiro atoms. The van der Waals surface area contributed by atoms with Gasteiger partial charge in [0.05, 0.1) is 17.9 Å². The summed E-state index contributed by atoms with van der Waals surface area (Å²) in [6.07, 6.45) is 3.31. The van der Waals surface area contributed by atoms with E-state index in [1.165, 1.54) is 6.33 Å². The van der Waals surface area contributed by atoms with E-state index in [0.29, 0.717) is 37.5 Å². The van der Waals surface area contributed by atoms with Crippen LogP contribution in [0.4, 0.5) is 10.6 Å². The first-order valence-electron chi connectivity index (χ1n) is 9.49. The van der Waals surface area contributed by atoms with Gasteiger partial charge in [-0.15, -0.1) is 0 Å². The first-order chi connectivity index (χ1) is 13.3. The van der Waals surface area contributed by atoms with Crippen LogP contribution in [0.1, 0.15) is 40.5 Å². The summed E-state index contributed by atoms with van der Waals surface area (Å²) in [5.41, 5.74) is 0.0981. The summed E-state index contributed by atoms with van der Waals surface area (Å²) in [6, 6.07) is 1.90. The maximum Gasteiger partial charge on any atom is 0.409 e. The van der Waals surface area contributed by atoms with Crippen molar-refractivity contribution in [3.05, 3.63) is 18.6 Å². The minimum Gasteiger partial charge on any atom is -0.466 e. The normalized spacial score (nSPS) is 20.1. The molecule has 28 heavy (non-hydrogen) atoms.